The van der Waals surface area contributed by atoms with E-state index < -0.39 is 11.5 Å². The number of nitrogens with zero attached hydrogens (tertiary/aromatic N) is 1. The van der Waals surface area contributed by atoms with Gasteiger partial charge in [-0.05, 0) is 12.8 Å². The minimum atomic E-state index is -0.828. The molecule has 1 aromatic carbocycles. The average Bonchev–Trinajstić information content (AvgIpc) is 3.10. The first-order valence-corrected chi connectivity index (χ1v) is 7.60. The molecule has 0 atom stereocenters. The Kier molecular flexibility index (Phi) is 3.44. The van der Waals surface area contributed by atoms with Crippen molar-refractivity contribution in [3.8, 4) is 11.3 Å². The van der Waals surface area contributed by atoms with Crippen LogP contribution in [0.1, 0.15) is 25.7 Å². The fourth-order valence-electron chi connectivity index (χ4n) is 2.65. The minimum Gasteiger partial charge on any atom is -0.480 e. The molecule has 5 heteroatoms. The van der Waals surface area contributed by atoms with Crippen LogP contribution in [-0.2, 0) is 4.79 Å². The Bertz CT molecular complexity index is 603. The SMILES string of the molecule is O=C(O)C1(Nc2nc(-c3ccccc3)cs2)CCCC1. The Morgan fingerprint density at radius 3 is 2.60 bits per heavy atom. The molecule has 0 saturated heterocycles. The molecule has 1 aliphatic rings. The summed E-state index contributed by atoms with van der Waals surface area (Å²) >= 11 is 1.46. The summed E-state index contributed by atoms with van der Waals surface area (Å²) in [6.07, 6.45) is 3.25. The van der Waals surface area contributed by atoms with Crippen LogP contribution in [0.3, 0.4) is 0 Å². The summed E-state index contributed by atoms with van der Waals surface area (Å²) in [7, 11) is 0. The summed E-state index contributed by atoms with van der Waals surface area (Å²) in [5.74, 6) is -0.772. The van der Waals surface area contributed by atoms with Gasteiger partial charge in [0.25, 0.3) is 0 Å². The largest absolute Gasteiger partial charge is 0.480 e. The molecule has 2 N–H and O–H groups in total. The van der Waals surface area contributed by atoms with Crippen molar-refractivity contribution in [2.45, 2.75) is 31.2 Å². The van der Waals surface area contributed by atoms with Gasteiger partial charge in [0, 0.05) is 10.9 Å². The van der Waals surface area contributed by atoms with E-state index in [-0.39, 0.29) is 0 Å². The fourth-order valence-corrected chi connectivity index (χ4v) is 3.47. The number of anilines is 1. The molecule has 3 rings (SSSR count). The van der Waals surface area contributed by atoms with Crippen LogP contribution >= 0.6 is 11.3 Å². The maximum atomic E-state index is 11.5. The van der Waals surface area contributed by atoms with Crippen molar-refractivity contribution in [1.82, 2.24) is 4.98 Å². The summed E-state index contributed by atoms with van der Waals surface area (Å²) in [5.41, 5.74) is 1.11. The third-order valence-electron chi connectivity index (χ3n) is 3.79. The first-order chi connectivity index (χ1) is 9.70. The first kappa shape index (κ1) is 13.1. The molecule has 2 aromatic rings. The second kappa shape index (κ2) is 5.25. The summed E-state index contributed by atoms with van der Waals surface area (Å²) in [6, 6.07) is 9.91. The van der Waals surface area contributed by atoms with E-state index in [9.17, 15) is 9.90 Å². The highest BCUT2D eigenvalue weighted by atomic mass is 32.1. The van der Waals surface area contributed by atoms with Gasteiger partial charge in [-0.15, -0.1) is 11.3 Å². The highest BCUT2D eigenvalue weighted by molar-refractivity contribution is 7.14. The molecule has 0 amide bonds. The number of hydrogen-bond donors (Lipinski definition) is 2. The van der Waals surface area contributed by atoms with Crippen LogP contribution in [0, 0.1) is 0 Å². The predicted octanol–water partition coefficient (Wildman–Crippen LogP) is 3.62. The van der Waals surface area contributed by atoms with Crippen LogP contribution in [0.5, 0.6) is 0 Å². The molecule has 1 saturated carbocycles. The zero-order valence-corrected chi connectivity index (χ0v) is 11.8. The Hall–Kier alpha value is -1.88. The number of carboxylic acids is 1. The van der Waals surface area contributed by atoms with Gasteiger partial charge in [0.1, 0.15) is 5.54 Å². The summed E-state index contributed by atoms with van der Waals surface area (Å²) < 4.78 is 0. The molecule has 104 valence electrons. The molecule has 20 heavy (non-hydrogen) atoms. The van der Waals surface area contributed by atoms with Gasteiger partial charge in [0.05, 0.1) is 5.69 Å². The van der Waals surface area contributed by atoms with E-state index in [0.717, 1.165) is 24.1 Å². The molecular formula is C15H16N2O2S. The molecule has 1 aliphatic carbocycles. The van der Waals surface area contributed by atoms with Crippen molar-refractivity contribution in [1.29, 1.82) is 0 Å². The number of rotatable bonds is 4. The van der Waals surface area contributed by atoms with Crippen LogP contribution < -0.4 is 5.32 Å². The maximum Gasteiger partial charge on any atom is 0.329 e. The van der Waals surface area contributed by atoms with E-state index >= 15 is 0 Å². The smallest absolute Gasteiger partial charge is 0.329 e. The molecule has 1 aromatic heterocycles. The van der Waals surface area contributed by atoms with Gasteiger partial charge in [-0.3, -0.25) is 0 Å². The second-order valence-electron chi connectivity index (χ2n) is 5.12. The molecule has 4 nitrogen and oxygen atoms in total. The number of carbonyl (C=O) groups is 1. The van der Waals surface area contributed by atoms with Crippen molar-refractivity contribution in [3.63, 3.8) is 0 Å². The maximum absolute atomic E-state index is 11.5. The summed E-state index contributed by atoms with van der Waals surface area (Å²) in [5, 5.41) is 15.3. The summed E-state index contributed by atoms with van der Waals surface area (Å²) in [6.45, 7) is 0. The lowest BCUT2D eigenvalue weighted by Crippen LogP contribution is -2.43. The zero-order valence-electron chi connectivity index (χ0n) is 11.0. The number of nitrogens with one attached hydrogen (secondary N) is 1. The molecular weight excluding hydrogens is 272 g/mol. The number of aromatic nitrogens is 1. The lowest BCUT2D eigenvalue weighted by molar-refractivity contribution is -0.142. The molecule has 0 radical (unpaired) electrons. The van der Waals surface area contributed by atoms with Crippen LogP contribution in [0.4, 0.5) is 5.13 Å². The van der Waals surface area contributed by atoms with Gasteiger partial charge in [0.15, 0.2) is 5.13 Å². The van der Waals surface area contributed by atoms with E-state index in [4.69, 9.17) is 0 Å². The van der Waals surface area contributed by atoms with Gasteiger partial charge < -0.3 is 10.4 Å². The highest BCUT2D eigenvalue weighted by Gasteiger charge is 2.41. The fraction of sp³-hybridized carbons (Fsp3) is 0.333. The van der Waals surface area contributed by atoms with Gasteiger partial charge in [-0.2, -0.15) is 0 Å². The molecule has 0 bridgehead atoms. The normalized spacial score (nSPS) is 17.0. The van der Waals surface area contributed by atoms with Crippen molar-refractivity contribution >= 4 is 22.4 Å². The van der Waals surface area contributed by atoms with Crippen molar-refractivity contribution in [3.05, 3.63) is 35.7 Å². The number of hydrogen-bond acceptors (Lipinski definition) is 4. The lowest BCUT2D eigenvalue weighted by atomic mass is 9.98. The average molecular weight is 288 g/mol. The van der Waals surface area contributed by atoms with Gasteiger partial charge in [-0.1, -0.05) is 43.2 Å². The monoisotopic (exact) mass is 288 g/mol. The quantitative estimate of drug-likeness (QED) is 0.902. The van der Waals surface area contributed by atoms with Crippen LogP contribution in [0.25, 0.3) is 11.3 Å². The number of benzene rings is 1. The van der Waals surface area contributed by atoms with E-state index in [1.165, 1.54) is 11.3 Å². The topological polar surface area (TPSA) is 62.2 Å². The number of carboxylic acid groups (broad SMARTS) is 1. The predicted molar refractivity (Wildman–Crippen MR) is 80.0 cm³/mol. The van der Waals surface area contributed by atoms with E-state index in [1.54, 1.807) is 0 Å². The molecule has 1 fully saturated rings. The van der Waals surface area contributed by atoms with Crippen LogP contribution in [0.2, 0.25) is 0 Å². The number of thiazole rings is 1. The van der Waals surface area contributed by atoms with Crippen molar-refractivity contribution < 1.29 is 9.90 Å². The van der Waals surface area contributed by atoms with Gasteiger partial charge >= 0.3 is 5.97 Å². The zero-order chi connectivity index (χ0) is 14.0. The Balaban J connectivity index is 1.82. The molecule has 1 heterocycles. The van der Waals surface area contributed by atoms with Gasteiger partial charge in [0.2, 0.25) is 0 Å². The Morgan fingerprint density at radius 2 is 1.95 bits per heavy atom. The van der Waals surface area contributed by atoms with Crippen LogP contribution in [0.15, 0.2) is 35.7 Å². The van der Waals surface area contributed by atoms with Crippen LogP contribution in [-0.4, -0.2) is 21.6 Å². The highest BCUT2D eigenvalue weighted by Crippen LogP contribution is 2.35. The molecule has 0 unspecified atom stereocenters. The van der Waals surface area contributed by atoms with E-state index in [1.807, 2.05) is 35.7 Å². The third kappa shape index (κ3) is 2.41. The van der Waals surface area contributed by atoms with E-state index in [2.05, 4.69) is 10.3 Å². The third-order valence-corrected chi connectivity index (χ3v) is 4.54. The van der Waals surface area contributed by atoms with Crippen molar-refractivity contribution in [2.75, 3.05) is 5.32 Å². The minimum absolute atomic E-state index is 0.669. The Labute approximate surface area is 121 Å². The Morgan fingerprint density at radius 1 is 1.25 bits per heavy atom. The molecule has 0 aliphatic heterocycles. The first-order valence-electron chi connectivity index (χ1n) is 6.72. The summed E-state index contributed by atoms with van der Waals surface area (Å²) in [4.78, 5) is 16.0. The second-order valence-corrected chi connectivity index (χ2v) is 5.98. The van der Waals surface area contributed by atoms with Gasteiger partial charge in [-0.25, -0.2) is 9.78 Å². The van der Waals surface area contributed by atoms with E-state index in [0.29, 0.717) is 18.0 Å². The van der Waals surface area contributed by atoms with Crippen molar-refractivity contribution in [2.24, 2.45) is 0 Å². The number of aliphatic carboxylic acids is 1. The lowest BCUT2D eigenvalue weighted by Gasteiger charge is -2.24. The molecule has 0 spiro atoms. The standard InChI is InChI=1S/C15H16N2O2S/c18-13(19)15(8-4-5-9-15)17-14-16-12(10-20-14)11-6-2-1-3-7-11/h1-3,6-7,10H,4-5,8-9H2,(H,16,17)(H,18,19).